The molecule has 0 bridgehead atoms. The van der Waals surface area contributed by atoms with Crippen molar-refractivity contribution in [1.29, 1.82) is 0 Å². The first-order valence-electron chi connectivity index (χ1n) is 6.36. The van der Waals surface area contributed by atoms with Crippen molar-refractivity contribution in [2.75, 3.05) is 11.4 Å². The average Bonchev–Trinajstić information content (AvgIpc) is 2.84. The van der Waals surface area contributed by atoms with Gasteiger partial charge in [0.1, 0.15) is 5.82 Å². The Bertz CT molecular complexity index is 703. The Morgan fingerprint density at radius 2 is 1.95 bits per heavy atom. The highest BCUT2D eigenvalue weighted by Gasteiger charge is 2.30. The maximum absolute atomic E-state index is 13.1. The van der Waals surface area contributed by atoms with Crippen molar-refractivity contribution >= 4 is 39.2 Å². The highest BCUT2D eigenvalue weighted by atomic mass is 79.9. The summed E-state index contributed by atoms with van der Waals surface area (Å²) >= 11 is 9.75. The number of nitrogens with two attached hydrogens (primary N) is 1. The molecule has 0 saturated heterocycles. The molecule has 1 unspecified atom stereocenters. The monoisotopic (exact) mass is 367 g/mol. The van der Waals surface area contributed by atoms with Gasteiger partial charge >= 0.3 is 0 Å². The van der Waals surface area contributed by atoms with Crippen molar-refractivity contribution in [2.24, 2.45) is 10.7 Å². The standard InChI is InChI=1S/C15H12BrClFN3/c16-9-1-6-13(17)12(7-9)14-8-20-15(19)21(14)11-4-2-10(18)3-5-11/h1-7,14H,8H2,(H2,19,20). The van der Waals surface area contributed by atoms with Crippen LogP contribution in [0, 0.1) is 5.82 Å². The smallest absolute Gasteiger partial charge is 0.196 e. The second kappa shape index (κ2) is 5.66. The van der Waals surface area contributed by atoms with Gasteiger partial charge in [-0.05, 0) is 48.0 Å². The van der Waals surface area contributed by atoms with Gasteiger partial charge in [0, 0.05) is 15.2 Å². The summed E-state index contributed by atoms with van der Waals surface area (Å²) in [7, 11) is 0. The fraction of sp³-hybridized carbons (Fsp3) is 0.133. The summed E-state index contributed by atoms with van der Waals surface area (Å²) in [6.45, 7) is 0.513. The van der Waals surface area contributed by atoms with E-state index in [4.69, 9.17) is 17.3 Å². The number of anilines is 1. The van der Waals surface area contributed by atoms with Crippen LogP contribution in [-0.4, -0.2) is 12.5 Å². The summed E-state index contributed by atoms with van der Waals surface area (Å²) in [6, 6.07) is 11.7. The molecule has 3 nitrogen and oxygen atoms in total. The van der Waals surface area contributed by atoms with Gasteiger partial charge < -0.3 is 10.6 Å². The summed E-state index contributed by atoms with van der Waals surface area (Å²) in [6.07, 6.45) is 0. The van der Waals surface area contributed by atoms with Crippen LogP contribution in [0.4, 0.5) is 10.1 Å². The quantitative estimate of drug-likeness (QED) is 0.866. The second-order valence-electron chi connectivity index (χ2n) is 4.73. The number of nitrogens with zero attached hydrogens (tertiary/aromatic N) is 2. The molecule has 1 aliphatic heterocycles. The van der Waals surface area contributed by atoms with E-state index >= 15 is 0 Å². The Labute approximate surface area is 135 Å². The van der Waals surface area contributed by atoms with Crippen molar-refractivity contribution in [3.8, 4) is 0 Å². The molecule has 0 amide bonds. The lowest BCUT2D eigenvalue weighted by atomic mass is 10.1. The highest BCUT2D eigenvalue weighted by Crippen LogP contribution is 2.35. The molecule has 6 heteroatoms. The summed E-state index contributed by atoms with van der Waals surface area (Å²) in [5.41, 5.74) is 7.71. The van der Waals surface area contributed by atoms with Crippen LogP contribution in [0.3, 0.4) is 0 Å². The van der Waals surface area contributed by atoms with Gasteiger partial charge in [0.05, 0.1) is 12.6 Å². The third-order valence-electron chi connectivity index (χ3n) is 3.41. The van der Waals surface area contributed by atoms with Crippen LogP contribution in [0.25, 0.3) is 0 Å². The predicted molar refractivity (Wildman–Crippen MR) is 87.3 cm³/mol. The maximum Gasteiger partial charge on any atom is 0.196 e. The van der Waals surface area contributed by atoms with Crippen LogP contribution in [0.2, 0.25) is 5.02 Å². The molecule has 108 valence electrons. The molecule has 0 radical (unpaired) electrons. The molecule has 2 aromatic carbocycles. The van der Waals surface area contributed by atoms with Gasteiger partial charge in [0.2, 0.25) is 0 Å². The van der Waals surface area contributed by atoms with Crippen molar-refractivity contribution in [1.82, 2.24) is 0 Å². The van der Waals surface area contributed by atoms with E-state index in [9.17, 15) is 4.39 Å². The number of hydrogen-bond acceptors (Lipinski definition) is 3. The maximum atomic E-state index is 13.1. The predicted octanol–water partition coefficient (Wildman–Crippen LogP) is 4.12. The summed E-state index contributed by atoms with van der Waals surface area (Å²) < 4.78 is 14.0. The van der Waals surface area contributed by atoms with Crippen molar-refractivity contribution < 1.29 is 4.39 Å². The fourth-order valence-corrected chi connectivity index (χ4v) is 3.04. The minimum atomic E-state index is -0.287. The highest BCUT2D eigenvalue weighted by molar-refractivity contribution is 9.10. The second-order valence-corrected chi connectivity index (χ2v) is 6.05. The Hall–Kier alpha value is -1.59. The normalized spacial score (nSPS) is 18.0. The van der Waals surface area contributed by atoms with Gasteiger partial charge in [0.15, 0.2) is 5.96 Å². The molecule has 1 aliphatic rings. The first kappa shape index (κ1) is 14.4. The number of halogens is 3. The summed E-state index contributed by atoms with van der Waals surface area (Å²) in [4.78, 5) is 6.17. The number of guanidine groups is 1. The zero-order chi connectivity index (χ0) is 15.0. The Morgan fingerprint density at radius 3 is 2.67 bits per heavy atom. The van der Waals surface area contributed by atoms with E-state index in [1.54, 1.807) is 12.1 Å². The minimum Gasteiger partial charge on any atom is -0.369 e. The third-order valence-corrected chi connectivity index (χ3v) is 4.24. The minimum absolute atomic E-state index is 0.0968. The lowest BCUT2D eigenvalue weighted by Crippen LogP contribution is -2.36. The van der Waals surface area contributed by atoms with Crippen molar-refractivity contribution in [3.05, 3.63) is 63.3 Å². The van der Waals surface area contributed by atoms with E-state index in [2.05, 4.69) is 20.9 Å². The van der Waals surface area contributed by atoms with Crippen LogP contribution >= 0.6 is 27.5 Å². The lowest BCUT2D eigenvalue weighted by molar-refractivity contribution is 0.627. The van der Waals surface area contributed by atoms with Crippen LogP contribution < -0.4 is 10.6 Å². The van der Waals surface area contributed by atoms with Gasteiger partial charge in [-0.15, -0.1) is 0 Å². The van der Waals surface area contributed by atoms with Crippen molar-refractivity contribution in [3.63, 3.8) is 0 Å². The Balaban J connectivity index is 2.02. The van der Waals surface area contributed by atoms with E-state index in [1.165, 1.54) is 12.1 Å². The average molecular weight is 369 g/mol. The number of hydrogen-bond donors (Lipinski definition) is 1. The first-order chi connectivity index (χ1) is 10.1. The molecule has 0 aliphatic carbocycles. The number of benzene rings is 2. The molecule has 0 saturated carbocycles. The van der Waals surface area contributed by atoms with Crippen LogP contribution in [-0.2, 0) is 0 Å². The lowest BCUT2D eigenvalue weighted by Gasteiger charge is -2.27. The fourth-order valence-electron chi connectivity index (χ4n) is 2.42. The molecule has 1 heterocycles. The Kier molecular flexibility index (Phi) is 3.87. The molecule has 2 N–H and O–H groups in total. The molecule has 0 spiro atoms. The number of aliphatic imine (C=N–C) groups is 1. The van der Waals surface area contributed by atoms with Gasteiger partial charge in [-0.2, -0.15) is 0 Å². The number of rotatable bonds is 2. The molecule has 0 aromatic heterocycles. The molecule has 0 fully saturated rings. The van der Waals surface area contributed by atoms with Crippen LogP contribution in [0.15, 0.2) is 51.9 Å². The molecular weight excluding hydrogens is 357 g/mol. The zero-order valence-electron chi connectivity index (χ0n) is 10.9. The van der Waals surface area contributed by atoms with E-state index in [-0.39, 0.29) is 11.9 Å². The van der Waals surface area contributed by atoms with Crippen LogP contribution in [0.5, 0.6) is 0 Å². The van der Waals surface area contributed by atoms with Crippen LogP contribution in [0.1, 0.15) is 11.6 Å². The topological polar surface area (TPSA) is 41.6 Å². The van der Waals surface area contributed by atoms with E-state index in [1.807, 2.05) is 23.1 Å². The first-order valence-corrected chi connectivity index (χ1v) is 7.53. The largest absolute Gasteiger partial charge is 0.369 e. The van der Waals surface area contributed by atoms with Crippen molar-refractivity contribution in [2.45, 2.75) is 6.04 Å². The molecular formula is C15H12BrClFN3. The van der Waals surface area contributed by atoms with Gasteiger partial charge in [0.25, 0.3) is 0 Å². The summed E-state index contributed by atoms with van der Waals surface area (Å²) in [5.74, 6) is 0.119. The zero-order valence-corrected chi connectivity index (χ0v) is 13.3. The van der Waals surface area contributed by atoms with Gasteiger partial charge in [-0.25, -0.2) is 4.39 Å². The van der Waals surface area contributed by atoms with Gasteiger partial charge in [-0.3, -0.25) is 4.99 Å². The Morgan fingerprint density at radius 1 is 1.24 bits per heavy atom. The van der Waals surface area contributed by atoms with E-state index in [0.29, 0.717) is 17.5 Å². The molecule has 21 heavy (non-hydrogen) atoms. The molecule has 2 aromatic rings. The summed E-state index contributed by atoms with van der Waals surface area (Å²) in [5, 5.41) is 0.653. The molecule has 1 atom stereocenters. The van der Waals surface area contributed by atoms with E-state index < -0.39 is 0 Å². The van der Waals surface area contributed by atoms with E-state index in [0.717, 1.165) is 15.7 Å². The van der Waals surface area contributed by atoms with Gasteiger partial charge in [-0.1, -0.05) is 27.5 Å². The third kappa shape index (κ3) is 2.76. The molecule has 3 rings (SSSR count). The SMILES string of the molecule is NC1=NCC(c2cc(Br)ccc2Cl)N1c1ccc(F)cc1.